The molecular formula is C14H8F3N. The van der Waals surface area contributed by atoms with Crippen molar-refractivity contribution in [1.29, 1.82) is 5.26 Å². The van der Waals surface area contributed by atoms with Crippen LogP contribution in [0.15, 0.2) is 48.5 Å². The fraction of sp³-hybridized carbons (Fsp3) is 0.0714. The van der Waals surface area contributed by atoms with E-state index >= 15 is 0 Å². The van der Waals surface area contributed by atoms with Gasteiger partial charge in [0, 0.05) is 0 Å². The highest BCUT2D eigenvalue weighted by Crippen LogP contribution is 2.36. The van der Waals surface area contributed by atoms with Crippen molar-refractivity contribution in [2.24, 2.45) is 0 Å². The Bertz CT molecular complexity index is 592. The van der Waals surface area contributed by atoms with Crippen molar-refractivity contribution in [3.63, 3.8) is 0 Å². The first-order valence-corrected chi connectivity index (χ1v) is 5.19. The van der Waals surface area contributed by atoms with Gasteiger partial charge in [-0.25, -0.2) is 0 Å². The van der Waals surface area contributed by atoms with Crippen LogP contribution >= 0.6 is 0 Å². The summed E-state index contributed by atoms with van der Waals surface area (Å²) < 4.78 is 38.5. The molecule has 0 fully saturated rings. The summed E-state index contributed by atoms with van der Waals surface area (Å²) in [5, 5.41) is 8.65. The van der Waals surface area contributed by atoms with Gasteiger partial charge in [0.25, 0.3) is 0 Å². The number of rotatable bonds is 1. The molecule has 90 valence electrons. The molecule has 0 aliphatic rings. The van der Waals surface area contributed by atoms with Crippen LogP contribution in [-0.2, 0) is 6.18 Å². The molecule has 2 aromatic rings. The number of hydrogen-bond donors (Lipinski definition) is 0. The highest BCUT2D eigenvalue weighted by atomic mass is 19.4. The van der Waals surface area contributed by atoms with Crippen molar-refractivity contribution < 1.29 is 13.2 Å². The first-order chi connectivity index (χ1) is 8.52. The molecule has 0 heterocycles. The van der Waals surface area contributed by atoms with Crippen molar-refractivity contribution in [3.8, 4) is 17.2 Å². The summed E-state index contributed by atoms with van der Waals surface area (Å²) >= 11 is 0. The van der Waals surface area contributed by atoms with E-state index in [-0.39, 0.29) is 5.56 Å². The van der Waals surface area contributed by atoms with E-state index in [0.717, 1.165) is 6.07 Å². The Labute approximate surface area is 102 Å². The molecule has 0 atom stereocenters. The lowest BCUT2D eigenvalue weighted by Gasteiger charge is -2.12. The average molecular weight is 247 g/mol. The predicted octanol–water partition coefficient (Wildman–Crippen LogP) is 4.24. The molecule has 1 nitrogen and oxygen atoms in total. The van der Waals surface area contributed by atoms with Crippen LogP contribution in [0.25, 0.3) is 11.1 Å². The van der Waals surface area contributed by atoms with Gasteiger partial charge in [-0.3, -0.25) is 0 Å². The molecule has 0 saturated heterocycles. The molecule has 0 radical (unpaired) electrons. The smallest absolute Gasteiger partial charge is 0.192 e. The predicted molar refractivity (Wildman–Crippen MR) is 61.6 cm³/mol. The molecule has 0 amide bonds. The molecule has 0 aromatic heterocycles. The van der Waals surface area contributed by atoms with Crippen LogP contribution in [0.2, 0.25) is 0 Å². The van der Waals surface area contributed by atoms with Crippen LogP contribution in [0.1, 0.15) is 11.1 Å². The lowest BCUT2D eigenvalue weighted by molar-refractivity contribution is -0.137. The molecule has 0 saturated carbocycles. The second-order valence-corrected chi connectivity index (χ2v) is 3.73. The van der Waals surface area contributed by atoms with E-state index in [9.17, 15) is 13.2 Å². The zero-order valence-corrected chi connectivity index (χ0v) is 9.20. The summed E-state index contributed by atoms with van der Waals surface area (Å²) in [4.78, 5) is 0. The Kier molecular flexibility index (Phi) is 3.07. The molecule has 0 spiro atoms. The van der Waals surface area contributed by atoms with Crippen molar-refractivity contribution in [2.45, 2.75) is 6.18 Å². The SMILES string of the molecule is N#Cc1ccc(-c2ccccc2C(F)(F)F)cc1. The maximum Gasteiger partial charge on any atom is 0.417 e. The van der Waals surface area contributed by atoms with Crippen LogP contribution in [-0.4, -0.2) is 0 Å². The van der Waals surface area contributed by atoms with E-state index in [0.29, 0.717) is 11.1 Å². The highest BCUT2D eigenvalue weighted by molar-refractivity contribution is 5.68. The molecule has 18 heavy (non-hydrogen) atoms. The third-order valence-electron chi connectivity index (χ3n) is 2.56. The molecule has 2 rings (SSSR count). The lowest BCUT2D eigenvalue weighted by atomic mass is 9.98. The Morgan fingerprint density at radius 2 is 1.50 bits per heavy atom. The second kappa shape index (κ2) is 4.53. The number of halogens is 3. The van der Waals surface area contributed by atoms with Crippen molar-refractivity contribution in [3.05, 3.63) is 59.7 Å². The largest absolute Gasteiger partial charge is 0.417 e. The Morgan fingerprint density at radius 1 is 0.889 bits per heavy atom. The zero-order chi connectivity index (χ0) is 13.2. The van der Waals surface area contributed by atoms with Crippen LogP contribution in [0.5, 0.6) is 0 Å². The van der Waals surface area contributed by atoms with E-state index in [1.807, 2.05) is 6.07 Å². The van der Waals surface area contributed by atoms with Crippen molar-refractivity contribution in [2.75, 3.05) is 0 Å². The van der Waals surface area contributed by atoms with E-state index in [1.54, 1.807) is 6.07 Å². The van der Waals surface area contributed by atoms with E-state index < -0.39 is 11.7 Å². The van der Waals surface area contributed by atoms with E-state index in [1.165, 1.54) is 36.4 Å². The van der Waals surface area contributed by atoms with Crippen LogP contribution < -0.4 is 0 Å². The minimum absolute atomic E-state index is 0.120. The van der Waals surface area contributed by atoms with E-state index in [4.69, 9.17) is 5.26 Å². The molecule has 0 aliphatic carbocycles. The summed E-state index contributed by atoms with van der Waals surface area (Å²) in [5.74, 6) is 0. The summed E-state index contributed by atoms with van der Waals surface area (Å²) in [5.41, 5.74) is 0.314. The molecular weight excluding hydrogens is 239 g/mol. The van der Waals surface area contributed by atoms with Crippen LogP contribution in [0, 0.1) is 11.3 Å². The minimum Gasteiger partial charge on any atom is -0.192 e. The zero-order valence-electron chi connectivity index (χ0n) is 9.20. The Balaban J connectivity index is 2.54. The fourth-order valence-electron chi connectivity index (χ4n) is 1.71. The highest BCUT2D eigenvalue weighted by Gasteiger charge is 2.33. The van der Waals surface area contributed by atoms with Crippen molar-refractivity contribution in [1.82, 2.24) is 0 Å². The maximum atomic E-state index is 12.8. The molecule has 2 aromatic carbocycles. The average Bonchev–Trinajstić information content (AvgIpc) is 2.38. The van der Waals surface area contributed by atoms with E-state index in [2.05, 4.69) is 0 Å². The van der Waals surface area contributed by atoms with Gasteiger partial charge in [-0.05, 0) is 29.3 Å². The molecule has 0 aliphatic heterocycles. The normalized spacial score (nSPS) is 11.0. The minimum atomic E-state index is -4.38. The van der Waals surface area contributed by atoms with Gasteiger partial charge in [-0.1, -0.05) is 30.3 Å². The third-order valence-corrected chi connectivity index (χ3v) is 2.56. The van der Waals surface area contributed by atoms with Gasteiger partial charge in [0.05, 0.1) is 17.2 Å². The first-order valence-electron chi connectivity index (χ1n) is 5.19. The van der Waals surface area contributed by atoms with Crippen LogP contribution in [0.3, 0.4) is 0 Å². The van der Waals surface area contributed by atoms with Gasteiger partial charge in [-0.15, -0.1) is 0 Å². The summed E-state index contributed by atoms with van der Waals surface area (Å²) in [6.45, 7) is 0. The third kappa shape index (κ3) is 2.35. The van der Waals surface area contributed by atoms with Gasteiger partial charge < -0.3 is 0 Å². The van der Waals surface area contributed by atoms with Gasteiger partial charge in [-0.2, -0.15) is 18.4 Å². The first kappa shape index (κ1) is 12.2. The summed E-state index contributed by atoms with van der Waals surface area (Å²) in [6.07, 6.45) is -4.38. The van der Waals surface area contributed by atoms with Crippen LogP contribution in [0.4, 0.5) is 13.2 Å². The molecule has 0 N–H and O–H groups in total. The quantitative estimate of drug-likeness (QED) is 0.739. The maximum absolute atomic E-state index is 12.8. The van der Waals surface area contributed by atoms with Crippen molar-refractivity contribution >= 4 is 0 Å². The number of nitrogens with zero attached hydrogens (tertiary/aromatic N) is 1. The number of benzene rings is 2. The lowest BCUT2D eigenvalue weighted by Crippen LogP contribution is -2.06. The Hall–Kier alpha value is -2.28. The second-order valence-electron chi connectivity index (χ2n) is 3.73. The molecule has 0 bridgehead atoms. The number of nitriles is 1. The molecule has 0 unspecified atom stereocenters. The number of hydrogen-bond acceptors (Lipinski definition) is 1. The standard InChI is InChI=1S/C14H8F3N/c15-14(16,17)13-4-2-1-3-12(13)11-7-5-10(9-18)6-8-11/h1-8H. The summed E-state index contributed by atoms with van der Waals surface area (Å²) in [7, 11) is 0. The fourth-order valence-corrected chi connectivity index (χ4v) is 1.71. The topological polar surface area (TPSA) is 23.8 Å². The number of alkyl halides is 3. The van der Waals surface area contributed by atoms with Gasteiger partial charge in [0.1, 0.15) is 0 Å². The van der Waals surface area contributed by atoms with Gasteiger partial charge >= 0.3 is 6.18 Å². The van der Waals surface area contributed by atoms with Gasteiger partial charge in [0.2, 0.25) is 0 Å². The van der Waals surface area contributed by atoms with Gasteiger partial charge in [0.15, 0.2) is 0 Å². The molecule has 4 heteroatoms. The Morgan fingerprint density at radius 3 is 2.06 bits per heavy atom. The monoisotopic (exact) mass is 247 g/mol. The summed E-state index contributed by atoms with van der Waals surface area (Å²) in [6, 6.07) is 13.4.